The second kappa shape index (κ2) is 6.64. The maximum absolute atomic E-state index is 13.4. The molecule has 1 aromatic carbocycles. The standard InChI is InChI=1S/C15H16ClFN4O2/c1-8-4-10(11(16)5-12(8)17)15(22)18-6-9-2-3-23-13(9)14-19-7-20-21-14/h4-5,7,9,13H,2-3,6H2,1H3,(H,18,22)(H,19,20,21)/t9-,13-/m0/s1. The number of nitrogens with one attached hydrogen (secondary N) is 2. The molecule has 1 amide bonds. The van der Waals surface area contributed by atoms with Crippen LogP contribution in [0, 0.1) is 18.7 Å². The highest BCUT2D eigenvalue weighted by Gasteiger charge is 2.32. The second-order valence-corrected chi connectivity index (χ2v) is 5.91. The number of halogens is 2. The first-order valence-electron chi connectivity index (χ1n) is 7.27. The molecule has 2 aromatic rings. The van der Waals surface area contributed by atoms with Crippen LogP contribution in [0.25, 0.3) is 0 Å². The summed E-state index contributed by atoms with van der Waals surface area (Å²) in [6, 6.07) is 2.61. The fourth-order valence-corrected chi connectivity index (χ4v) is 2.88. The SMILES string of the molecule is Cc1cc(C(=O)NC[C@@H]2CCO[C@@H]2c2ncn[nH]2)c(Cl)cc1F. The Kier molecular flexibility index (Phi) is 4.58. The molecule has 0 unspecified atom stereocenters. The van der Waals surface area contributed by atoms with Crippen molar-refractivity contribution in [1.82, 2.24) is 20.5 Å². The number of hydrogen-bond acceptors (Lipinski definition) is 4. The highest BCUT2D eigenvalue weighted by atomic mass is 35.5. The smallest absolute Gasteiger partial charge is 0.252 e. The van der Waals surface area contributed by atoms with Gasteiger partial charge in [0, 0.05) is 19.1 Å². The Labute approximate surface area is 137 Å². The van der Waals surface area contributed by atoms with Crippen LogP contribution < -0.4 is 5.32 Å². The van der Waals surface area contributed by atoms with Crippen LogP contribution in [0.1, 0.15) is 34.3 Å². The fourth-order valence-electron chi connectivity index (χ4n) is 2.65. The van der Waals surface area contributed by atoms with Crippen LogP contribution in [0.15, 0.2) is 18.5 Å². The first-order chi connectivity index (χ1) is 11.1. The molecule has 1 aliphatic heterocycles. The van der Waals surface area contributed by atoms with E-state index in [4.69, 9.17) is 16.3 Å². The monoisotopic (exact) mass is 338 g/mol. The van der Waals surface area contributed by atoms with Crippen LogP contribution in [-0.4, -0.2) is 34.2 Å². The number of carbonyl (C=O) groups excluding carboxylic acids is 1. The number of hydrogen-bond donors (Lipinski definition) is 2. The summed E-state index contributed by atoms with van der Waals surface area (Å²) in [6.45, 7) is 2.60. The van der Waals surface area contributed by atoms with Crippen molar-refractivity contribution in [3.05, 3.63) is 46.3 Å². The van der Waals surface area contributed by atoms with Gasteiger partial charge >= 0.3 is 0 Å². The van der Waals surface area contributed by atoms with Crippen molar-refractivity contribution >= 4 is 17.5 Å². The van der Waals surface area contributed by atoms with E-state index in [0.717, 1.165) is 12.5 Å². The van der Waals surface area contributed by atoms with E-state index < -0.39 is 5.82 Å². The molecule has 0 aliphatic carbocycles. The molecule has 3 rings (SSSR count). The van der Waals surface area contributed by atoms with Crippen LogP contribution >= 0.6 is 11.6 Å². The molecule has 6 nitrogen and oxygen atoms in total. The Morgan fingerprint density at radius 3 is 3.13 bits per heavy atom. The Morgan fingerprint density at radius 2 is 2.39 bits per heavy atom. The first-order valence-corrected chi connectivity index (χ1v) is 7.64. The number of nitrogens with zero attached hydrogens (tertiary/aromatic N) is 2. The molecule has 2 N–H and O–H groups in total. The molecule has 1 saturated heterocycles. The van der Waals surface area contributed by atoms with Crippen LogP contribution in [-0.2, 0) is 4.74 Å². The second-order valence-electron chi connectivity index (χ2n) is 5.50. The molecule has 0 saturated carbocycles. The molecule has 1 aliphatic rings. The fraction of sp³-hybridized carbons (Fsp3) is 0.400. The zero-order valence-electron chi connectivity index (χ0n) is 12.5. The van der Waals surface area contributed by atoms with Crippen molar-refractivity contribution in [2.45, 2.75) is 19.4 Å². The highest BCUT2D eigenvalue weighted by molar-refractivity contribution is 6.33. The average Bonchev–Trinajstić information content (AvgIpc) is 3.18. The van der Waals surface area contributed by atoms with Gasteiger partial charge in [-0.15, -0.1) is 0 Å². The number of aromatic nitrogens is 3. The number of rotatable bonds is 4. The third-order valence-electron chi connectivity index (χ3n) is 3.94. The molecular weight excluding hydrogens is 323 g/mol. The van der Waals surface area contributed by atoms with Crippen molar-refractivity contribution < 1.29 is 13.9 Å². The van der Waals surface area contributed by atoms with Gasteiger partial charge < -0.3 is 10.1 Å². The minimum atomic E-state index is -0.430. The van der Waals surface area contributed by atoms with Crippen molar-refractivity contribution in [2.75, 3.05) is 13.2 Å². The molecule has 2 heterocycles. The van der Waals surface area contributed by atoms with Crippen molar-refractivity contribution in [1.29, 1.82) is 0 Å². The van der Waals surface area contributed by atoms with Gasteiger partial charge in [0.05, 0.1) is 10.6 Å². The van der Waals surface area contributed by atoms with E-state index >= 15 is 0 Å². The number of amides is 1. The minimum Gasteiger partial charge on any atom is -0.370 e. The molecule has 8 heteroatoms. The number of aryl methyl sites for hydroxylation is 1. The lowest BCUT2D eigenvalue weighted by molar-refractivity contribution is 0.0799. The van der Waals surface area contributed by atoms with E-state index in [2.05, 4.69) is 20.5 Å². The predicted molar refractivity (Wildman–Crippen MR) is 81.7 cm³/mol. The minimum absolute atomic E-state index is 0.0900. The van der Waals surface area contributed by atoms with Crippen LogP contribution in [0.2, 0.25) is 5.02 Å². The van der Waals surface area contributed by atoms with E-state index in [1.165, 1.54) is 12.4 Å². The Hall–Kier alpha value is -1.99. The molecule has 1 fully saturated rings. The van der Waals surface area contributed by atoms with E-state index in [1.807, 2.05) is 0 Å². The van der Waals surface area contributed by atoms with Gasteiger partial charge in [-0.25, -0.2) is 9.37 Å². The summed E-state index contributed by atoms with van der Waals surface area (Å²) in [5.74, 6) is -0.0212. The van der Waals surface area contributed by atoms with Crippen molar-refractivity contribution in [3.8, 4) is 0 Å². The van der Waals surface area contributed by atoms with Gasteiger partial charge in [0.25, 0.3) is 5.91 Å². The normalized spacial score (nSPS) is 20.7. The molecule has 0 spiro atoms. The van der Waals surface area contributed by atoms with Gasteiger partial charge in [0.2, 0.25) is 0 Å². The van der Waals surface area contributed by atoms with Crippen molar-refractivity contribution in [2.24, 2.45) is 5.92 Å². The molecule has 2 atom stereocenters. The van der Waals surface area contributed by atoms with Crippen LogP contribution in [0.3, 0.4) is 0 Å². The third kappa shape index (κ3) is 3.35. The van der Waals surface area contributed by atoms with E-state index in [1.54, 1.807) is 6.92 Å². The average molecular weight is 339 g/mol. The van der Waals surface area contributed by atoms with Gasteiger partial charge in [0.15, 0.2) is 5.82 Å². The highest BCUT2D eigenvalue weighted by Crippen LogP contribution is 2.32. The number of ether oxygens (including phenoxy) is 1. The Morgan fingerprint density at radius 1 is 1.57 bits per heavy atom. The molecule has 0 radical (unpaired) electrons. The Bertz CT molecular complexity index is 708. The lowest BCUT2D eigenvalue weighted by atomic mass is 10.0. The maximum Gasteiger partial charge on any atom is 0.252 e. The number of H-pyrrole nitrogens is 1. The van der Waals surface area contributed by atoms with Gasteiger partial charge in [0.1, 0.15) is 18.2 Å². The van der Waals surface area contributed by atoms with Crippen molar-refractivity contribution in [3.63, 3.8) is 0 Å². The summed E-state index contributed by atoms with van der Waals surface area (Å²) >= 11 is 5.95. The summed E-state index contributed by atoms with van der Waals surface area (Å²) in [6.07, 6.45) is 2.01. The molecular formula is C15H16ClFN4O2. The summed E-state index contributed by atoms with van der Waals surface area (Å²) < 4.78 is 19.1. The van der Waals surface area contributed by atoms with Gasteiger partial charge in [-0.05, 0) is 31.0 Å². The van der Waals surface area contributed by atoms with Crippen LogP contribution in [0.5, 0.6) is 0 Å². The summed E-state index contributed by atoms with van der Waals surface area (Å²) in [5.41, 5.74) is 0.643. The molecule has 0 bridgehead atoms. The topological polar surface area (TPSA) is 79.9 Å². The van der Waals surface area contributed by atoms with E-state index in [-0.39, 0.29) is 28.5 Å². The Balaban J connectivity index is 1.66. The quantitative estimate of drug-likeness (QED) is 0.897. The van der Waals surface area contributed by atoms with Gasteiger partial charge in [-0.1, -0.05) is 11.6 Å². The molecule has 1 aromatic heterocycles. The largest absolute Gasteiger partial charge is 0.370 e. The zero-order chi connectivity index (χ0) is 16.4. The molecule has 122 valence electrons. The lowest BCUT2D eigenvalue weighted by Crippen LogP contribution is -2.31. The number of benzene rings is 1. The third-order valence-corrected chi connectivity index (χ3v) is 4.25. The number of carbonyl (C=O) groups is 1. The number of aromatic amines is 1. The van der Waals surface area contributed by atoms with Gasteiger partial charge in [-0.3, -0.25) is 9.89 Å². The summed E-state index contributed by atoms with van der Waals surface area (Å²) in [7, 11) is 0. The summed E-state index contributed by atoms with van der Waals surface area (Å²) in [5, 5.41) is 9.54. The molecule has 23 heavy (non-hydrogen) atoms. The van der Waals surface area contributed by atoms with Gasteiger partial charge in [-0.2, -0.15) is 5.10 Å². The van der Waals surface area contributed by atoms with Crippen LogP contribution in [0.4, 0.5) is 4.39 Å². The van der Waals surface area contributed by atoms with E-state index in [0.29, 0.717) is 24.5 Å². The first kappa shape index (κ1) is 15.9. The summed E-state index contributed by atoms with van der Waals surface area (Å²) in [4.78, 5) is 16.4. The zero-order valence-corrected chi connectivity index (χ0v) is 13.2. The maximum atomic E-state index is 13.4. The lowest BCUT2D eigenvalue weighted by Gasteiger charge is -2.17. The predicted octanol–water partition coefficient (Wildman–Crippen LogP) is 2.41. The van der Waals surface area contributed by atoms with E-state index in [9.17, 15) is 9.18 Å².